The van der Waals surface area contributed by atoms with Crippen molar-refractivity contribution >= 4 is 17.6 Å². The molecule has 1 aromatic heterocycles. The molecule has 2 amide bonds. The van der Waals surface area contributed by atoms with Gasteiger partial charge in [-0.3, -0.25) is 10.1 Å². The number of nitrogens with two attached hydrogens (primary N) is 1. The Kier molecular flexibility index (Phi) is 6.99. The zero-order valence-corrected chi connectivity index (χ0v) is 18.9. The summed E-state index contributed by atoms with van der Waals surface area (Å²) in [5, 5.41) is 18.5. The van der Waals surface area contributed by atoms with E-state index in [2.05, 4.69) is 45.8 Å². The number of hydrogen-bond acceptors (Lipinski definition) is 4. The van der Waals surface area contributed by atoms with Gasteiger partial charge in [0.15, 0.2) is 0 Å². The van der Waals surface area contributed by atoms with Gasteiger partial charge in [-0.2, -0.15) is 5.10 Å². The smallest absolute Gasteiger partial charge is 0.314 e. The molecule has 8 nitrogen and oxygen atoms in total. The van der Waals surface area contributed by atoms with Crippen molar-refractivity contribution in [2.75, 3.05) is 25.0 Å². The summed E-state index contributed by atoms with van der Waals surface area (Å²) in [6.07, 6.45) is 5.07. The van der Waals surface area contributed by atoms with Crippen LogP contribution in [0, 0.1) is 12.3 Å². The summed E-state index contributed by atoms with van der Waals surface area (Å²) in [5.41, 5.74) is 13.6. The van der Waals surface area contributed by atoms with Gasteiger partial charge in [-0.1, -0.05) is 13.0 Å². The molecule has 0 radical (unpaired) electrons. The Bertz CT molecular complexity index is 1010. The van der Waals surface area contributed by atoms with E-state index >= 15 is 0 Å². The minimum absolute atomic E-state index is 0.231. The zero-order chi connectivity index (χ0) is 22.5. The van der Waals surface area contributed by atoms with Crippen LogP contribution < -0.4 is 21.3 Å². The molecule has 2 aromatic rings. The Morgan fingerprint density at radius 3 is 2.77 bits per heavy atom. The molecule has 0 unspecified atom stereocenters. The zero-order valence-electron chi connectivity index (χ0n) is 18.9. The van der Waals surface area contributed by atoms with E-state index in [9.17, 15) is 4.79 Å². The average molecular weight is 424 g/mol. The summed E-state index contributed by atoms with van der Waals surface area (Å²) >= 11 is 0. The van der Waals surface area contributed by atoms with Gasteiger partial charge >= 0.3 is 6.03 Å². The lowest BCUT2D eigenvalue weighted by Gasteiger charge is -2.33. The molecule has 0 atom stereocenters. The molecule has 0 spiro atoms. The summed E-state index contributed by atoms with van der Waals surface area (Å²) < 4.78 is 1.89. The lowest BCUT2D eigenvalue weighted by Crippen LogP contribution is -2.37. The Labute approximate surface area is 184 Å². The molecule has 166 valence electrons. The van der Waals surface area contributed by atoms with E-state index < -0.39 is 0 Å². The number of nitrogens with zero attached hydrogens (tertiary/aromatic N) is 3. The number of amides is 2. The van der Waals surface area contributed by atoms with Crippen LogP contribution >= 0.6 is 0 Å². The molecule has 0 fully saturated rings. The van der Waals surface area contributed by atoms with Gasteiger partial charge in [-0.25, -0.2) is 4.79 Å². The van der Waals surface area contributed by atoms with Gasteiger partial charge in [0.1, 0.15) is 5.84 Å². The number of carbonyl (C=O) groups is 1. The first-order chi connectivity index (χ1) is 14.9. The number of benzene rings is 1. The molecule has 2 heterocycles. The number of fused-ring (bicyclic) bond motifs is 1. The summed E-state index contributed by atoms with van der Waals surface area (Å²) in [5.74, 6) is 0.450. The molecular weight excluding hydrogens is 390 g/mol. The van der Waals surface area contributed by atoms with Gasteiger partial charge in [0.05, 0.1) is 6.20 Å². The topological polar surface area (TPSA) is 112 Å². The molecular formula is C23H33N7O. The number of aromatic nitrogens is 2. The molecule has 0 saturated carbocycles. The van der Waals surface area contributed by atoms with Crippen LogP contribution in [-0.2, 0) is 13.5 Å². The second kappa shape index (κ2) is 9.68. The minimum atomic E-state index is -0.231. The predicted octanol–water partition coefficient (Wildman–Crippen LogP) is 3.07. The highest BCUT2D eigenvalue weighted by atomic mass is 16.2. The van der Waals surface area contributed by atoms with Crippen molar-refractivity contribution in [3.63, 3.8) is 0 Å². The molecule has 0 bridgehead atoms. The summed E-state index contributed by atoms with van der Waals surface area (Å²) in [6, 6.07) is 6.22. The first-order valence-electron chi connectivity index (χ1n) is 10.8. The third-order valence-electron chi connectivity index (χ3n) is 5.95. The van der Waals surface area contributed by atoms with Crippen LogP contribution in [0.4, 0.5) is 10.5 Å². The van der Waals surface area contributed by atoms with Crippen LogP contribution in [0.1, 0.15) is 37.4 Å². The second-order valence-corrected chi connectivity index (χ2v) is 7.83. The van der Waals surface area contributed by atoms with Crippen LogP contribution in [0.5, 0.6) is 0 Å². The normalized spacial score (nSPS) is 14.0. The summed E-state index contributed by atoms with van der Waals surface area (Å²) in [4.78, 5) is 13.4. The fourth-order valence-corrected chi connectivity index (χ4v) is 4.04. The maximum Gasteiger partial charge on any atom is 0.314 e. The summed E-state index contributed by atoms with van der Waals surface area (Å²) in [6.45, 7) is 5.32. The Morgan fingerprint density at radius 1 is 1.35 bits per heavy atom. The first-order valence-corrected chi connectivity index (χ1v) is 10.8. The maximum absolute atomic E-state index is 11.4. The van der Waals surface area contributed by atoms with Gasteiger partial charge in [-0.15, -0.1) is 0 Å². The lowest BCUT2D eigenvalue weighted by molar-refractivity contribution is 0.243. The molecule has 0 aliphatic carbocycles. The molecule has 1 aromatic carbocycles. The quantitative estimate of drug-likeness (QED) is 0.422. The van der Waals surface area contributed by atoms with Crippen LogP contribution in [0.3, 0.4) is 0 Å². The maximum atomic E-state index is 11.4. The molecule has 8 heteroatoms. The fourth-order valence-electron chi connectivity index (χ4n) is 4.04. The standard InChI is InChI=1S/C23H33N7O/c1-5-18(20(24)10-11-27-23(31)26-3)22(25)30-12-6-7-17-13-16(8-9-21(17)30)19-14-28-29(4)15(19)2/h8-9,13-14,25H,5-7,10-12,24H2,1-4H3,(H2,26,27,31)/b20-18-,25-22?. The van der Waals surface area contributed by atoms with Crippen molar-refractivity contribution in [2.24, 2.45) is 12.8 Å². The number of rotatable bonds is 6. The number of hydrogen-bond donors (Lipinski definition) is 4. The number of nitrogens with one attached hydrogen (secondary N) is 3. The van der Waals surface area contributed by atoms with Crippen molar-refractivity contribution in [1.82, 2.24) is 20.4 Å². The van der Waals surface area contributed by atoms with Gasteiger partial charge in [0, 0.05) is 61.8 Å². The van der Waals surface area contributed by atoms with Crippen molar-refractivity contribution in [2.45, 2.75) is 39.5 Å². The fraction of sp³-hybridized carbons (Fsp3) is 0.435. The molecule has 3 rings (SSSR count). The third-order valence-corrected chi connectivity index (χ3v) is 5.95. The Morgan fingerprint density at radius 2 is 2.13 bits per heavy atom. The van der Waals surface area contributed by atoms with E-state index in [-0.39, 0.29) is 6.03 Å². The molecule has 1 aliphatic heterocycles. The number of anilines is 1. The van der Waals surface area contributed by atoms with Gasteiger partial charge in [-0.05, 0) is 49.4 Å². The minimum Gasteiger partial charge on any atom is -0.402 e. The molecule has 31 heavy (non-hydrogen) atoms. The van der Waals surface area contributed by atoms with Crippen molar-refractivity contribution in [3.8, 4) is 11.1 Å². The van der Waals surface area contributed by atoms with Crippen LogP contribution in [0.2, 0.25) is 0 Å². The van der Waals surface area contributed by atoms with Gasteiger partial charge in [0.25, 0.3) is 0 Å². The van der Waals surface area contributed by atoms with Crippen molar-refractivity contribution in [3.05, 3.63) is 46.9 Å². The number of aryl methyl sites for hydroxylation is 2. The lowest BCUT2D eigenvalue weighted by atomic mass is 9.95. The van der Waals surface area contributed by atoms with E-state index in [0.29, 0.717) is 30.9 Å². The van der Waals surface area contributed by atoms with Gasteiger partial charge in [0.2, 0.25) is 0 Å². The molecule has 5 N–H and O–H groups in total. The largest absolute Gasteiger partial charge is 0.402 e. The van der Waals surface area contributed by atoms with E-state index in [4.69, 9.17) is 11.1 Å². The van der Waals surface area contributed by atoms with Crippen LogP contribution in [0.15, 0.2) is 35.7 Å². The Balaban J connectivity index is 1.83. The second-order valence-electron chi connectivity index (χ2n) is 7.83. The highest BCUT2D eigenvalue weighted by Crippen LogP contribution is 2.34. The highest BCUT2D eigenvalue weighted by Gasteiger charge is 2.24. The predicted molar refractivity (Wildman–Crippen MR) is 125 cm³/mol. The average Bonchev–Trinajstić information content (AvgIpc) is 3.11. The molecule has 1 aliphatic rings. The SMILES string of the molecule is CC/C(C(=N)N1CCCc2cc(-c3cnn(C)c3C)ccc21)=C(/N)CCNC(=O)NC. The van der Waals surface area contributed by atoms with Crippen LogP contribution in [-0.4, -0.2) is 41.8 Å². The number of urea groups is 1. The third kappa shape index (κ3) is 4.73. The van der Waals surface area contributed by atoms with E-state index in [0.717, 1.165) is 47.5 Å². The monoisotopic (exact) mass is 423 g/mol. The Hall–Kier alpha value is -3.29. The van der Waals surface area contributed by atoms with E-state index in [1.807, 2.05) is 24.9 Å². The van der Waals surface area contributed by atoms with Crippen molar-refractivity contribution < 1.29 is 4.79 Å². The molecule has 0 saturated heterocycles. The first kappa shape index (κ1) is 22.4. The van der Waals surface area contributed by atoms with E-state index in [1.165, 1.54) is 5.56 Å². The summed E-state index contributed by atoms with van der Waals surface area (Å²) in [7, 11) is 3.53. The number of carbonyl (C=O) groups excluding carboxylic acids is 1. The number of amidine groups is 1. The van der Waals surface area contributed by atoms with Crippen LogP contribution in [0.25, 0.3) is 11.1 Å². The van der Waals surface area contributed by atoms with Crippen molar-refractivity contribution in [1.29, 1.82) is 5.41 Å². The van der Waals surface area contributed by atoms with E-state index in [1.54, 1.807) is 7.05 Å². The van der Waals surface area contributed by atoms with Gasteiger partial charge < -0.3 is 21.3 Å². The highest BCUT2D eigenvalue weighted by molar-refractivity contribution is 6.08.